The molecule has 0 unspecified atom stereocenters. The zero-order chi connectivity index (χ0) is 30.4. The van der Waals surface area contributed by atoms with Crippen LogP contribution in [0, 0.1) is 0 Å². The molecule has 4 amide bonds. The molecule has 4 N–H and O–H groups in total. The van der Waals surface area contributed by atoms with Crippen LogP contribution in [0.3, 0.4) is 0 Å². The van der Waals surface area contributed by atoms with Crippen molar-refractivity contribution in [1.82, 2.24) is 21.3 Å². The molecular formula is C29H42N4O8. The Morgan fingerprint density at radius 3 is 2.37 bits per heavy atom. The summed E-state index contributed by atoms with van der Waals surface area (Å²) in [6, 6.07) is 4.18. The molecule has 2 aliphatic rings. The molecule has 226 valence electrons. The summed E-state index contributed by atoms with van der Waals surface area (Å²) in [5.74, 6) is -1.55. The van der Waals surface area contributed by atoms with Gasteiger partial charge < -0.3 is 35.5 Å². The van der Waals surface area contributed by atoms with Crippen LogP contribution in [0.5, 0.6) is 5.75 Å². The van der Waals surface area contributed by atoms with Crippen molar-refractivity contribution >= 4 is 29.8 Å². The molecule has 1 aromatic carbocycles. The van der Waals surface area contributed by atoms with Crippen molar-refractivity contribution in [2.45, 2.75) is 83.5 Å². The molecular weight excluding hydrogens is 532 g/mol. The molecule has 0 saturated carbocycles. The highest BCUT2D eigenvalue weighted by Crippen LogP contribution is 2.15. The number of benzene rings is 1. The Balaban J connectivity index is 2.22. The van der Waals surface area contributed by atoms with Gasteiger partial charge in [0.25, 0.3) is 0 Å². The number of methoxy groups -OCH3 is 1. The Labute approximate surface area is 240 Å². The van der Waals surface area contributed by atoms with E-state index in [1.807, 2.05) is 0 Å². The molecule has 0 saturated heterocycles. The van der Waals surface area contributed by atoms with E-state index in [2.05, 4.69) is 21.3 Å². The summed E-state index contributed by atoms with van der Waals surface area (Å²) in [5.41, 5.74) is 0.159. The van der Waals surface area contributed by atoms with Crippen LogP contribution in [0.25, 0.3) is 0 Å². The number of hydrogen-bond donors (Lipinski definition) is 4. The number of rotatable bonds is 7. The maximum Gasteiger partial charge on any atom is 0.407 e. The highest BCUT2D eigenvalue weighted by molar-refractivity contribution is 5.93. The fourth-order valence-corrected chi connectivity index (χ4v) is 4.00. The first-order valence-electron chi connectivity index (χ1n) is 13.7. The zero-order valence-corrected chi connectivity index (χ0v) is 24.4. The second-order valence-corrected chi connectivity index (χ2v) is 10.7. The summed E-state index contributed by atoms with van der Waals surface area (Å²) in [6.07, 6.45) is 4.40. The van der Waals surface area contributed by atoms with Crippen molar-refractivity contribution in [3.63, 3.8) is 0 Å². The van der Waals surface area contributed by atoms with Gasteiger partial charge in [-0.25, -0.2) is 9.59 Å². The van der Waals surface area contributed by atoms with Gasteiger partial charge in [0, 0.05) is 19.9 Å². The number of amides is 4. The Hall–Kier alpha value is -4.09. The highest BCUT2D eigenvalue weighted by atomic mass is 16.6. The van der Waals surface area contributed by atoms with Gasteiger partial charge in [0.05, 0.1) is 7.11 Å². The first-order valence-corrected chi connectivity index (χ1v) is 13.7. The third-order valence-electron chi connectivity index (χ3n) is 5.96. The molecule has 12 nitrogen and oxygen atoms in total. The van der Waals surface area contributed by atoms with Crippen LogP contribution < -0.4 is 26.0 Å². The van der Waals surface area contributed by atoms with Crippen LogP contribution in [-0.2, 0) is 35.1 Å². The van der Waals surface area contributed by atoms with Gasteiger partial charge in [0.1, 0.15) is 36.1 Å². The average Bonchev–Trinajstić information content (AvgIpc) is 2.89. The van der Waals surface area contributed by atoms with Crippen molar-refractivity contribution in [2.75, 3.05) is 20.3 Å². The summed E-state index contributed by atoms with van der Waals surface area (Å²) in [4.78, 5) is 62.9. The number of alkyl carbamates (subject to hydrolysis) is 1. The number of ether oxygens (including phenoxy) is 3. The van der Waals surface area contributed by atoms with Crippen molar-refractivity contribution < 1.29 is 38.2 Å². The van der Waals surface area contributed by atoms with E-state index in [-0.39, 0.29) is 25.9 Å². The van der Waals surface area contributed by atoms with Crippen LogP contribution in [0.2, 0.25) is 0 Å². The van der Waals surface area contributed by atoms with Gasteiger partial charge in [-0.3, -0.25) is 14.4 Å². The van der Waals surface area contributed by atoms with Crippen LogP contribution in [-0.4, -0.2) is 73.8 Å². The number of hydrogen-bond acceptors (Lipinski definition) is 8. The van der Waals surface area contributed by atoms with Crippen molar-refractivity contribution in [2.24, 2.45) is 0 Å². The third-order valence-corrected chi connectivity index (χ3v) is 5.96. The maximum atomic E-state index is 13.3. The summed E-state index contributed by atoms with van der Waals surface area (Å²) < 4.78 is 15.8. The predicted molar refractivity (Wildman–Crippen MR) is 151 cm³/mol. The van der Waals surface area contributed by atoms with E-state index in [0.717, 1.165) is 5.56 Å². The van der Waals surface area contributed by atoms with E-state index in [0.29, 0.717) is 25.1 Å². The minimum absolute atomic E-state index is 0.149. The number of unbranched alkanes of at least 4 members (excludes halogenated alkanes) is 1. The smallest absolute Gasteiger partial charge is 0.407 e. The lowest BCUT2D eigenvalue weighted by atomic mass is 10.0. The Morgan fingerprint density at radius 1 is 1.02 bits per heavy atom. The van der Waals surface area contributed by atoms with Crippen molar-refractivity contribution in [3.05, 3.63) is 42.0 Å². The van der Waals surface area contributed by atoms with E-state index in [1.165, 1.54) is 14.0 Å². The monoisotopic (exact) mass is 574 g/mol. The second-order valence-electron chi connectivity index (χ2n) is 10.7. The molecule has 2 bridgehead atoms. The van der Waals surface area contributed by atoms with E-state index in [1.54, 1.807) is 57.2 Å². The lowest BCUT2D eigenvalue weighted by Crippen LogP contribution is -2.56. The topological polar surface area (TPSA) is 161 Å². The molecule has 41 heavy (non-hydrogen) atoms. The zero-order valence-electron chi connectivity index (χ0n) is 24.4. The van der Waals surface area contributed by atoms with E-state index >= 15 is 0 Å². The van der Waals surface area contributed by atoms with Gasteiger partial charge in [-0.15, -0.1) is 0 Å². The maximum absolute atomic E-state index is 13.3. The number of carbonyl (C=O) groups excluding carboxylic acids is 5. The quantitative estimate of drug-likeness (QED) is 0.218. The molecule has 12 heteroatoms. The Morgan fingerprint density at radius 2 is 1.73 bits per heavy atom. The van der Waals surface area contributed by atoms with E-state index in [4.69, 9.17) is 14.2 Å². The first-order chi connectivity index (χ1) is 19.4. The number of carbonyl (C=O) groups is 5. The van der Waals surface area contributed by atoms with Gasteiger partial charge in [0.15, 0.2) is 0 Å². The molecule has 2 aliphatic heterocycles. The van der Waals surface area contributed by atoms with Gasteiger partial charge in [-0.1, -0.05) is 24.3 Å². The SMILES string of the molecule is COC(=O)[C@@H]1C/C=C\COc2ccc(cc2)C[C@H](NC(C)=O)C(=O)N[C@H](CCCCNC(=O)OC(C)(C)C)C(=O)N1. The summed E-state index contributed by atoms with van der Waals surface area (Å²) >= 11 is 0. The standard InChI is InChI=1S/C29H42N4O8/c1-19(34)31-24-18-20-12-14-21(15-13-20)40-17-9-7-11-23(27(37)39-5)33-25(35)22(32-26(24)36)10-6-8-16-30-28(38)41-29(2,3)4/h7,9,12-15,22-24H,6,8,10-11,16-18H2,1-5H3,(H,30,38)(H,31,34)(H,32,36)(H,33,35)/b9-7-/t22-,23+,24+/m1/s1. The lowest BCUT2D eigenvalue weighted by Gasteiger charge is -2.25. The fourth-order valence-electron chi connectivity index (χ4n) is 4.00. The molecule has 0 spiro atoms. The van der Waals surface area contributed by atoms with Gasteiger partial charge in [-0.2, -0.15) is 0 Å². The van der Waals surface area contributed by atoms with Crippen LogP contribution in [0.15, 0.2) is 36.4 Å². The Kier molecular flexibility index (Phi) is 13.1. The molecule has 0 aromatic heterocycles. The second kappa shape index (κ2) is 16.2. The molecule has 0 radical (unpaired) electrons. The number of fused-ring (bicyclic) bond motifs is 13. The normalized spacial score (nSPS) is 20.9. The average molecular weight is 575 g/mol. The largest absolute Gasteiger partial charge is 0.490 e. The van der Waals surface area contributed by atoms with Crippen LogP contribution in [0.4, 0.5) is 4.79 Å². The minimum atomic E-state index is -1.02. The van der Waals surface area contributed by atoms with Crippen LogP contribution in [0.1, 0.15) is 58.9 Å². The molecule has 2 heterocycles. The van der Waals surface area contributed by atoms with Gasteiger partial charge in [-0.05, 0) is 64.2 Å². The van der Waals surface area contributed by atoms with Gasteiger partial charge in [0.2, 0.25) is 17.7 Å². The van der Waals surface area contributed by atoms with Gasteiger partial charge >= 0.3 is 12.1 Å². The summed E-state index contributed by atoms with van der Waals surface area (Å²) in [6.45, 7) is 7.15. The fraction of sp³-hybridized carbons (Fsp3) is 0.552. The van der Waals surface area contributed by atoms with Crippen molar-refractivity contribution in [1.29, 1.82) is 0 Å². The third kappa shape index (κ3) is 12.7. The van der Waals surface area contributed by atoms with Crippen LogP contribution >= 0.6 is 0 Å². The molecule has 3 atom stereocenters. The molecule has 3 rings (SSSR count). The molecule has 0 aliphatic carbocycles. The first kappa shape index (κ1) is 33.1. The predicted octanol–water partition coefficient (Wildman–Crippen LogP) is 1.91. The highest BCUT2D eigenvalue weighted by Gasteiger charge is 2.29. The van der Waals surface area contributed by atoms with Crippen molar-refractivity contribution in [3.8, 4) is 5.75 Å². The van der Waals surface area contributed by atoms with E-state index in [9.17, 15) is 24.0 Å². The summed E-state index contributed by atoms with van der Waals surface area (Å²) in [5, 5.41) is 10.7. The lowest BCUT2D eigenvalue weighted by molar-refractivity contribution is -0.145. The summed E-state index contributed by atoms with van der Waals surface area (Å²) in [7, 11) is 1.22. The minimum Gasteiger partial charge on any atom is -0.490 e. The molecule has 0 fully saturated rings. The Bertz CT molecular complexity index is 1080. The number of nitrogens with one attached hydrogen (secondary N) is 4. The molecule has 1 aromatic rings. The number of esters is 1. The van der Waals surface area contributed by atoms with E-state index < -0.39 is 53.5 Å².